The van der Waals surface area contributed by atoms with E-state index in [9.17, 15) is 0 Å². The molecule has 3 heteroatoms. The topological polar surface area (TPSA) is 16.4 Å². The first-order chi connectivity index (χ1) is 27.3. The highest BCUT2D eigenvalue weighted by Gasteiger charge is 2.18. The molecule has 0 aliphatic carbocycles. The van der Waals surface area contributed by atoms with Crippen molar-refractivity contribution >= 4 is 81.3 Å². The zero-order valence-corrected chi connectivity index (χ0v) is 30.6. The Labute approximate surface area is 322 Å². The predicted molar refractivity (Wildman–Crippen MR) is 235 cm³/mol. The normalized spacial score (nSPS) is 11.6. The van der Waals surface area contributed by atoms with Crippen LogP contribution >= 0.6 is 11.3 Å². The van der Waals surface area contributed by atoms with Gasteiger partial charge in [0.1, 0.15) is 11.2 Å². The van der Waals surface area contributed by atoms with E-state index in [4.69, 9.17) is 4.42 Å². The number of thiophene rings is 1. The van der Waals surface area contributed by atoms with Crippen LogP contribution in [0.4, 0.5) is 17.1 Å². The van der Waals surface area contributed by atoms with Crippen molar-refractivity contribution in [3.05, 3.63) is 200 Å². The lowest BCUT2D eigenvalue weighted by atomic mass is 9.97. The highest BCUT2D eigenvalue weighted by molar-refractivity contribution is 7.26. The number of nitrogens with zero attached hydrogens (tertiary/aromatic N) is 1. The van der Waals surface area contributed by atoms with E-state index in [-0.39, 0.29) is 0 Å². The molecule has 2 nitrogen and oxygen atoms in total. The monoisotopic (exact) mass is 719 g/mol. The molecule has 258 valence electrons. The Morgan fingerprint density at radius 1 is 0.364 bits per heavy atom. The molecule has 55 heavy (non-hydrogen) atoms. The summed E-state index contributed by atoms with van der Waals surface area (Å²) in [7, 11) is 0. The van der Waals surface area contributed by atoms with E-state index in [1.165, 1.54) is 58.8 Å². The second kappa shape index (κ2) is 12.9. The van der Waals surface area contributed by atoms with Crippen molar-refractivity contribution < 1.29 is 4.42 Å². The predicted octanol–water partition coefficient (Wildman–Crippen LogP) is 15.6. The Kier molecular flexibility index (Phi) is 7.39. The summed E-state index contributed by atoms with van der Waals surface area (Å²) in [5.41, 5.74) is 12.3. The zero-order valence-electron chi connectivity index (χ0n) is 29.8. The minimum absolute atomic E-state index is 0.904. The van der Waals surface area contributed by atoms with E-state index in [0.717, 1.165) is 44.6 Å². The van der Waals surface area contributed by atoms with E-state index in [1.54, 1.807) is 0 Å². The third-order valence-corrected chi connectivity index (χ3v) is 12.1. The molecule has 0 N–H and O–H groups in total. The van der Waals surface area contributed by atoms with Gasteiger partial charge >= 0.3 is 0 Å². The SMILES string of the molecule is c1cc(-c2cccc3ccccc23)cc(N(c2ccc(-c3cccc4c3sc3ccccc34)cc2)c2ccc(-c3cccc4oc5ccccc5c34)cc2)c1. The van der Waals surface area contributed by atoms with E-state index >= 15 is 0 Å². The van der Waals surface area contributed by atoms with Crippen molar-refractivity contribution in [3.63, 3.8) is 0 Å². The largest absolute Gasteiger partial charge is 0.456 e. The van der Waals surface area contributed by atoms with Gasteiger partial charge < -0.3 is 9.32 Å². The van der Waals surface area contributed by atoms with Crippen LogP contribution in [-0.4, -0.2) is 0 Å². The number of para-hydroxylation sites is 1. The standard InChI is InChI=1S/C52H33NOS/c1-2-15-41-34(11-1)12-8-18-42(41)37-13-7-14-40(33-37)53(38-29-25-35(26-30-38)43-19-10-23-49-51(43)47-17-3-5-22-48(47)54-49)39-31-27-36(28-32-39)44-20-9-21-46-45-16-4-6-24-50(45)55-52(44)46/h1-33H. The first-order valence-corrected chi connectivity index (χ1v) is 19.5. The third kappa shape index (κ3) is 5.32. The van der Waals surface area contributed by atoms with Gasteiger partial charge in [0.2, 0.25) is 0 Å². The van der Waals surface area contributed by atoms with Crippen LogP contribution in [0.25, 0.3) is 86.3 Å². The third-order valence-electron chi connectivity index (χ3n) is 10.9. The van der Waals surface area contributed by atoms with Crippen molar-refractivity contribution in [3.8, 4) is 33.4 Å². The quantitative estimate of drug-likeness (QED) is 0.170. The van der Waals surface area contributed by atoms with E-state index in [0.29, 0.717) is 0 Å². The van der Waals surface area contributed by atoms with Crippen LogP contribution in [0.15, 0.2) is 205 Å². The number of fused-ring (bicyclic) bond motifs is 7. The van der Waals surface area contributed by atoms with E-state index < -0.39 is 0 Å². The highest BCUT2D eigenvalue weighted by atomic mass is 32.1. The lowest BCUT2D eigenvalue weighted by Crippen LogP contribution is -2.10. The fourth-order valence-electron chi connectivity index (χ4n) is 8.31. The molecule has 0 aliphatic heterocycles. The Morgan fingerprint density at radius 2 is 0.945 bits per heavy atom. The number of hydrogen-bond acceptors (Lipinski definition) is 3. The number of benzene rings is 9. The maximum Gasteiger partial charge on any atom is 0.136 e. The maximum atomic E-state index is 6.24. The van der Waals surface area contributed by atoms with Crippen LogP contribution in [0.1, 0.15) is 0 Å². The van der Waals surface area contributed by atoms with Gasteiger partial charge in [0.15, 0.2) is 0 Å². The van der Waals surface area contributed by atoms with Gasteiger partial charge in [-0.2, -0.15) is 0 Å². The first kappa shape index (κ1) is 31.6. The molecule has 2 aromatic heterocycles. The van der Waals surface area contributed by atoms with Crippen LogP contribution < -0.4 is 4.90 Å². The van der Waals surface area contributed by atoms with Crippen molar-refractivity contribution in [2.45, 2.75) is 0 Å². The van der Waals surface area contributed by atoms with Crippen molar-refractivity contribution in [2.24, 2.45) is 0 Å². The molecular weight excluding hydrogens is 687 g/mol. The van der Waals surface area contributed by atoms with Crippen LogP contribution in [0.3, 0.4) is 0 Å². The smallest absolute Gasteiger partial charge is 0.136 e. The molecule has 0 unspecified atom stereocenters. The Hall–Kier alpha value is -6.94. The molecule has 2 heterocycles. The van der Waals surface area contributed by atoms with Crippen LogP contribution in [0.5, 0.6) is 0 Å². The molecule has 0 amide bonds. The molecule has 9 aromatic carbocycles. The van der Waals surface area contributed by atoms with Gasteiger partial charge in [0, 0.05) is 48.0 Å². The summed E-state index contributed by atoms with van der Waals surface area (Å²) in [6, 6.07) is 72.2. The summed E-state index contributed by atoms with van der Waals surface area (Å²) in [5, 5.41) is 7.40. The van der Waals surface area contributed by atoms with Crippen LogP contribution in [0.2, 0.25) is 0 Å². The van der Waals surface area contributed by atoms with Gasteiger partial charge in [-0.15, -0.1) is 11.3 Å². The summed E-state index contributed by atoms with van der Waals surface area (Å²) < 4.78 is 8.88. The number of furan rings is 1. The lowest BCUT2D eigenvalue weighted by molar-refractivity contribution is 0.669. The average Bonchev–Trinajstić information content (AvgIpc) is 3.83. The van der Waals surface area contributed by atoms with Crippen molar-refractivity contribution in [1.29, 1.82) is 0 Å². The van der Waals surface area contributed by atoms with E-state index in [2.05, 4.69) is 193 Å². The molecule has 0 radical (unpaired) electrons. The van der Waals surface area contributed by atoms with Crippen molar-refractivity contribution in [2.75, 3.05) is 4.90 Å². The first-order valence-electron chi connectivity index (χ1n) is 18.7. The van der Waals surface area contributed by atoms with Gasteiger partial charge in [-0.3, -0.25) is 0 Å². The van der Waals surface area contributed by atoms with E-state index in [1.807, 2.05) is 23.5 Å². The summed E-state index contributed by atoms with van der Waals surface area (Å²) in [6.07, 6.45) is 0. The molecule has 0 spiro atoms. The second-order valence-corrected chi connectivity index (χ2v) is 15.1. The molecule has 0 bridgehead atoms. The molecule has 0 atom stereocenters. The Morgan fingerprint density at radius 3 is 1.78 bits per heavy atom. The second-order valence-electron chi connectivity index (χ2n) is 14.1. The van der Waals surface area contributed by atoms with Gasteiger partial charge in [-0.1, -0.05) is 146 Å². The molecular formula is C52H33NOS. The Balaban J connectivity index is 1.04. The summed E-state index contributed by atoms with van der Waals surface area (Å²) in [5.74, 6) is 0. The minimum Gasteiger partial charge on any atom is -0.456 e. The maximum absolute atomic E-state index is 6.24. The molecule has 0 fully saturated rings. The van der Waals surface area contributed by atoms with Crippen LogP contribution in [-0.2, 0) is 0 Å². The number of hydrogen-bond donors (Lipinski definition) is 0. The minimum atomic E-state index is 0.904. The van der Waals surface area contributed by atoms with Gasteiger partial charge in [0.25, 0.3) is 0 Å². The van der Waals surface area contributed by atoms with Gasteiger partial charge in [-0.25, -0.2) is 0 Å². The average molecular weight is 720 g/mol. The Bertz CT molecular complexity index is 3200. The summed E-state index contributed by atoms with van der Waals surface area (Å²) in [6.45, 7) is 0. The van der Waals surface area contributed by atoms with Crippen LogP contribution in [0, 0.1) is 0 Å². The molecule has 11 aromatic rings. The summed E-state index contributed by atoms with van der Waals surface area (Å²) in [4.78, 5) is 2.37. The molecule has 0 saturated heterocycles. The van der Waals surface area contributed by atoms with Crippen molar-refractivity contribution in [1.82, 2.24) is 0 Å². The molecule has 0 saturated carbocycles. The fourth-order valence-corrected chi connectivity index (χ4v) is 9.54. The zero-order chi connectivity index (χ0) is 36.3. The molecule has 0 aliphatic rings. The lowest BCUT2D eigenvalue weighted by Gasteiger charge is -2.26. The number of anilines is 3. The number of rotatable bonds is 6. The fraction of sp³-hybridized carbons (Fsp3) is 0. The van der Waals surface area contributed by atoms with Gasteiger partial charge in [-0.05, 0) is 98.8 Å². The highest BCUT2D eigenvalue weighted by Crippen LogP contribution is 2.43. The summed E-state index contributed by atoms with van der Waals surface area (Å²) >= 11 is 1.87. The van der Waals surface area contributed by atoms with Gasteiger partial charge in [0.05, 0.1) is 0 Å². The molecule has 11 rings (SSSR count).